The minimum absolute atomic E-state index is 0.00280. The van der Waals surface area contributed by atoms with Gasteiger partial charge in [-0.05, 0) is 12.1 Å². The Kier molecular flexibility index (Phi) is 4.11. The maximum Gasteiger partial charge on any atom is 0.346 e. The second-order valence-electron chi connectivity index (χ2n) is 7.15. The predicted octanol–water partition coefficient (Wildman–Crippen LogP) is 3.55. The lowest BCUT2D eigenvalue weighted by Crippen LogP contribution is -2.15. The topological polar surface area (TPSA) is 116 Å². The first-order valence-electron chi connectivity index (χ1n) is 9.32. The fourth-order valence-electron chi connectivity index (χ4n) is 3.58. The number of aromatic carboxylic acids is 1. The van der Waals surface area contributed by atoms with Crippen LogP contribution >= 0.6 is 0 Å². The summed E-state index contributed by atoms with van der Waals surface area (Å²) in [7, 11) is 3.48. The summed E-state index contributed by atoms with van der Waals surface area (Å²) in [5.74, 6) is -1.07. The van der Waals surface area contributed by atoms with Crippen molar-refractivity contribution in [2.75, 3.05) is 0 Å². The van der Waals surface area contributed by atoms with Crippen LogP contribution in [0.4, 0.5) is 0 Å². The van der Waals surface area contributed by atoms with E-state index in [2.05, 4.69) is 9.97 Å². The molecule has 0 atom stereocenters. The van der Waals surface area contributed by atoms with Crippen molar-refractivity contribution in [1.82, 2.24) is 19.1 Å². The standard InChI is InChI=1S/C22H16N4O5/c1-25-8-13(23-10-25)17-19(21(27)28)18(14-9-26(2)11-24-14)22(29)31-20(17)16-7-12-5-3-4-6-15(12)30-16/h3-11H,1-2H3,(H,27,28). The first-order chi connectivity index (χ1) is 14.9. The van der Waals surface area contributed by atoms with Gasteiger partial charge in [0.2, 0.25) is 0 Å². The van der Waals surface area contributed by atoms with E-state index in [9.17, 15) is 14.7 Å². The molecule has 9 heteroatoms. The number of hydrogen-bond donors (Lipinski definition) is 1. The molecule has 5 rings (SSSR count). The third-order valence-corrected chi connectivity index (χ3v) is 4.91. The Bertz CT molecular complexity index is 1490. The smallest absolute Gasteiger partial charge is 0.346 e. The molecule has 4 aromatic heterocycles. The van der Waals surface area contributed by atoms with Crippen molar-refractivity contribution >= 4 is 16.9 Å². The van der Waals surface area contributed by atoms with Gasteiger partial charge in [0.1, 0.15) is 11.1 Å². The fraction of sp³-hybridized carbons (Fsp3) is 0.0909. The maximum atomic E-state index is 13.0. The molecule has 5 aromatic rings. The molecule has 31 heavy (non-hydrogen) atoms. The summed E-state index contributed by atoms with van der Waals surface area (Å²) < 4.78 is 14.8. The number of fused-ring (bicyclic) bond motifs is 1. The van der Waals surface area contributed by atoms with Gasteiger partial charge in [0.05, 0.1) is 35.2 Å². The Morgan fingerprint density at radius 2 is 1.61 bits per heavy atom. The highest BCUT2D eigenvalue weighted by molar-refractivity contribution is 6.04. The van der Waals surface area contributed by atoms with Crippen molar-refractivity contribution in [2.45, 2.75) is 0 Å². The van der Waals surface area contributed by atoms with Crippen molar-refractivity contribution in [2.24, 2.45) is 14.1 Å². The molecule has 0 unspecified atom stereocenters. The van der Waals surface area contributed by atoms with E-state index in [1.807, 2.05) is 18.2 Å². The lowest BCUT2D eigenvalue weighted by Gasteiger charge is -2.11. The summed E-state index contributed by atoms with van der Waals surface area (Å²) in [6.07, 6.45) is 6.22. The second kappa shape index (κ2) is 6.84. The van der Waals surface area contributed by atoms with Crippen LogP contribution in [-0.4, -0.2) is 30.2 Å². The second-order valence-corrected chi connectivity index (χ2v) is 7.15. The van der Waals surface area contributed by atoms with E-state index in [-0.39, 0.29) is 33.9 Å². The fourth-order valence-corrected chi connectivity index (χ4v) is 3.58. The van der Waals surface area contributed by atoms with E-state index in [0.29, 0.717) is 11.3 Å². The number of carboxylic acids is 1. The van der Waals surface area contributed by atoms with Gasteiger partial charge in [-0.3, -0.25) is 0 Å². The van der Waals surface area contributed by atoms with Crippen molar-refractivity contribution in [3.63, 3.8) is 0 Å². The average molecular weight is 416 g/mol. The van der Waals surface area contributed by atoms with Gasteiger partial charge in [0, 0.05) is 31.9 Å². The van der Waals surface area contributed by atoms with Crippen LogP contribution in [0.1, 0.15) is 10.4 Å². The molecule has 0 spiro atoms. The van der Waals surface area contributed by atoms with Gasteiger partial charge >= 0.3 is 11.6 Å². The number of furan rings is 1. The monoisotopic (exact) mass is 416 g/mol. The number of carboxylic acid groups (broad SMARTS) is 1. The molecule has 0 radical (unpaired) electrons. The Morgan fingerprint density at radius 1 is 0.968 bits per heavy atom. The SMILES string of the molecule is Cn1cnc(-c2c(-c3cc4ccccc4o3)oc(=O)c(-c3cn(C)cn3)c2C(=O)O)c1. The van der Waals surface area contributed by atoms with Crippen LogP contribution in [0.3, 0.4) is 0 Å². The molecule has 0 bridgehead atoms. The quantitative estimate of drug-likeness (QED) is 0.476. The summed E-state index contributed by atoms with van der Waals surface area (Å²) in [4.78, 5) is 33.9. The zero-order valence-corrected chi connectivity index (χ0v) is 16.6. The maximum absolute atomic E-state index is 13.0. The lowest BCUT2D eigenvalue weighted by molar-refractivity contribution is 0.0697. The Morgan fingerprint density at radius 3 is 2.19 bits per heavy atom. The number of rotatable bonds is 4. The molecule has 154 valence electrons. The molecule has 1 aromatic carbocycles. The van der Waals surface area contributed by atoms with Crippen molar-refractivity contribution in [3.8, 4) is 34.0 Å². The molecule has 0 amide bonds. The van der Waals surface area contributed by atoms with E-state index in [4.69, 9.17) is 8.83 Å². The highest BCUT2D eigenvalue weighted by atomic mass is 16.4. The molecule has 0 aliphatic carbocycles. The summed E-state index contributed by atoms with van der Waals surface area (Å²) in [5.41, 5.74) is 0.0347. The zero-order chi connectivity index (χ0) is 21.7. The number of aryl methyl sites for hydroxylation is 2. The molecule has 4 heterocycles. The average Bonchev–Trinajstić information content (AvgIpc) is 3.46. The van der Waals surface area contributed by atoms with Gasteiger partial charge < -0.3 is 23.1 Å². The number of carbonyl (C=O) groups is 1. The van der Waals surface area contributed by atoms with Crippen LogP contribution in [0, 0.1) is 0 Å². The lowest BCUT2D eigenvalue weighted by atomic mass is 9.97. The molecule has 0 aliphatic rings. The van der Waals surface area contributed by atoms with Crippen LogP contribution in [0.2, 0.25) is 0 Å². The van der Waals surface area contributed by atoms with Crippen LogP contribution in [0.15, 0.2) is 69.0 Å². The molecule has 0 aliphatic heterocycles. The summed E-state index contributed by atoms with van der Waals surface area (Å²) in [6.45, 7) is 0. The van der Waals surface area contributed by atoms with Gasteiger partial charge in [-0.25, -0.2) is 19.6 Å². The van der Waals surface area contributed by atoms with Gasteiger partial charge in [-0.1, -0.05) is 18.2 Å². The Hall–Kier alpha value is -4.40. The molecule has 9 nitrogen and oxygen atoms in total. The van der Waals surface area contributed by atoms with E-state index in [1.165, 1.54) is 12.7 Å². The molecule has 0 saturated heterocycles. The number of imidazole rings is 2. The van der Waals surface area contributed by atoms with E-state index < -0.39 is 11.6 Å². The van der Waals surface area contributed by atoms with E-state index >= 15 is 0 Å². The third-order valence-electron chi connectivity index (χ3n) is 4.91. The Balaban J connectivity index is 1.90. The minimum Gasteiger partial charge on any atom is -0.478 e. The summed E-state index contributed by atoms with van der Waals surface area (Å²) in [5, 5.41) is 10.9. The number of aromatic nitrogens is 4. The normalized spacial score (nSPS) is 11.3. The summed E-state index contributed by atoms with van der Waals surface area (Å²) >= 11 is 0. The van der Waals surface area contributed by atoms with E-state index in [1.54, 1.807) is 47.8 Å². The van der Waals surface area contributed by atoms with Crippen LogP contribution < -0.4 is 5.63 Å². The van der Waals surface area contributed by atoms with Gasteiger partial charge in [-0.15, -0.1) is 0 Å². The Labute approximate surface area is 174 Å². The van der Waals surface area contributed by atoms with Crippen molar-refractivity contribution in [1.29, 1.82) is 0 Å². The van der Waals surface area contributed by atoms with Crippen molar-refractivity contribution in [3.05, 3.63) is 71.4 Å². The van der Waals surface area contributed by atoms with Crippen LogP contribution in [0.5, 0.6) is 0 Å². The van der Waals surface area contributed by atoms with Gasteiger partial charge in [0.15, 0.2) is 11.5 Å². The molecular weight excluding hydrogens is 400 g/mol. The number of nitrogens with zero attached hydrogens (tertiary/aromatic N) is 4. The minimum atomic E-state index is -1.30. The first-order valence-corrected chi connectivity index (χ1v) is 9.32. The summed E-state index contributed by atoms with van der Waals surface area (Å²) in [6, 6.07) is 8.99. The van der Waals surface area contributed by atoms with Crippen LogP contribution in [-0.2, 0) is 14.1 Å². The largest absolute Gasteiger partial charge is 0.478 e. The highest BCUT2D eigenvalue weighted by Gasteiger charge is 2.30. The first kappa shape index (κ1) is 18.6. The number of hydrogen-bond acceptors (Lipinski definition) is 6. The number of para-hydroxylation sites is 1. The third kappa shape index (κ3) is 3.03. The van der Waals surface area contributed by atoms with Crippen LogP contribution in [0.25, 0.3) is 45.0 Å². The van der Waals surface area contributed by atoms with Gasteiger partial charge in [-0.2, -0.15) is 0 Å². The van der Waals surface area contributed by atoms with E-state index in [0.717, 1.165) is 5.39 Å². The molecule has 1 N–H and O–H groups in total. The highest BCUT2D eigenvalue weighted by Crippen LogP contribution is 2.39. The molecule has 0 saturated carbocycles. The molecule has 0 fully saturated rings. The zero-order valence-electron chi connectivity index (χ0n) is 16.6. The number of benzene rings is 1. The van der Waals surface area contributed by atoms with Crippen molar-refractivity contribution < 1.29 is 18.7 Å². The predicted molar refractivity (Wildman–Crippen MR) is 112 cm³/mol. The van der Waals surface area contributed by atoms with Gasteiger partial charge in [0.25, 0.3) is 0 Å². The molecular formula is C22H16N4O5.